The summed E-state index contributed by atoms with van der Waals surface area (Å²) in [6, 6.07) is 25.1. The number of hydrogen-bond acceptors (Lipinski definition) is 3. The molecule has 0 saturated carbocycles. The van der Waals surface area contributed by atoms with E-state index in [4.69, 9.17) is 0 Å². The highest BCUT2D eigenvalue weighted by Gasteiger charge is 2.25. The molecule has 3 aromatic carbocycles. The molecule has 124 valence electrons. The molecular weight excluding hydrogens is 314 g/mol. The van der Waals surface area contributed by atoms with Gasteiger partial charge in [0.2, 0.25) is 0 Å². The van der Waals surface area contributed by atoms with Crippen LogP contribution in [0.3, 0.4) is 0 Å². The SMILES string of the molecule is O=C(c1ccccc1)C(Cc1ccccc1[N+](=O)[O-])c1ccccc1. The van der Waals surface area contributed by atoms with Gasteiger partial charge < -0.3 is 0 Å². The van der Waals surface area contributed by atoms with E-state index < -0.39 is 10.8 Å². The molecule has 0 spiro atoms. The van der Waals surface area contributed by atoms with Gasteiger partial charge in [0.05, 0.1) is 10.8 Å². The third-order valence-electron chi connectivity index (χ3n) is 4.19. The summed E-state index contributed by atoms with van der Waals surface area (Å²) in [4.78, 5) is 24.0. The number of carbonyl (C=O) groups is 1. The number of benzene rings is 3. The molecule has 0 amide bonds. The lowest BCUT2D eigenvalue weighted by molar-refractivity contribution is -0.385. The topological polar surface area (TPSA) is 60.2 Å². The molecule has 4 heteroatoms. The molecule has 0 aliphatic heterocycles. The minimum Gasteiger partial charge on any atom is -0.293 e. The number of carbonyl (C=O) groups excluding carboxylic acids is 1. The first-order valence-corrected chi connectivity index (χ1v) is 8.03. The summed E-state index contributed by atoms with van der Waals surface area (Å²) < 4.78 is 0. The van der Waals surface area contributed by atoms with Crippen LogP contribution in [0.25, 0.3) is 0 Å². The minimum absolute atomic E-state index is 0.0371. The Morgan fingerprint density at radius 2 is 1.40 bits per heavy atom. The Hall–Kier alpha value is -3.27. The first-order valence-electron chi connectivity index (χ1n) is 8.03. The monoisotopic (exact) mass is 331 g/mol. The molecular formula is C21H17NO3. The van der Waals surface area contributed by atoms with E-state index in [2.05, 4.69) is 0 Å². The number of hydrogen-bond donors (Lipinski definition) is 0. The summed E-state index contributed by atoms with van der Waals surface area (Å²) in [6.45, 7) is 0. The number of nitro groups is 1. The van der Waals surface area contributed by atoms with Crippen LogP contribution >= 0.6 is 0 Å². The minimum atomic E-state index is -0.468. The van der Waals surface area contributed by atoms with E-state index in [-0.39, 0.29) is 17.9 Å². The second kappa shape index (κ2) is 7.53. The second-order valence-corrected chi connectivity index (χ2v) is 5.78. The van der Waals surface area contributed by atoms with Crippen molar-refractivity contribution in [3.05, 3.63) is 112 Å². The zero-order valence-corrected chi connectivity index (χ0v) is 13.5. The number of nitrogens with zero attached hydrogens (tertiary/aromatic N) is 1. The Morgan fingerprint density at radius 1 is 0.840 bits per heavy atom. The average molecular weight is 331 g/mol. The molecule has 0 heterocycles. The molecule has 0 fully saturated rings. The van der Waals surface area contributed by atoms with Gasteiger partial charge in [-0.1, -0.05) is 78.9 Å². The van der Waals surface area contributed by atoms with Crippen LogP contribution in [-0.4, -0.2) is 10.7 Å². The molecule has 1 unspecified atom stereocenters. The number of Topliss-reactive ketones (excluding diaryl/α,β-unsaturated/α-hetero) is 1. The fourth-order valence-corrected chi connectivity index (χ4v) is 2.93. The first-order chi connectivity index (χ1) is 12.2. The van der Waals surface area contributed by atoms with E-state index >= 15 is 0 Å². The number of nitro benzene ring substituents is 1. The standard InChI is InChI=1S/C21H17NO3/c23-21(17-11-5-2-6-12-17)19(16-9-3-1-4-10-16)15-18-13-7-8-14-20(18)22(24)25/h1-14,19H,15H2. The smallest absolute Gasteiger partial charge is 0.272 e. The van der Waals surface area contributed by atoms with Crippen molar-refractivity contribution in [3.8, 4) is 0 Å². The number of ketones is 1. The summed E-state index contributed by atoms with van der Waals surface area (Å²) in [5.41, 5.74) is 2.07. The van der Waals surface area contributed by atoms with Crippen LogP contribution in [0.5, 0.6) is 0 Å². The Morgan fingerprint density at radius 3 is 2.04 bits per heavy atom. The van der Waals surface area contributed by atoms with Crippen molar-refractivity contribution in [2.45, 2.75) is 12.3 Å². The summed E-state index contributed by atoms with van der Waals surface area (Å²) in [5.74, 6) is -0.505. The summed E-state index contributed by atoms with van der Waals surface area (Å²) in [7, 11) is 0. The van der Waals surface area contributed by atoms with Crippen molar-refractivity contribution in [2.75, 3.05) is 0 Å². The van der Waals surface area contributed by atoms with Gasteiger partial charge in [-0.2, -0.15) is 0 Å². The van der Waals surface area contributed by atoms with Gasteiger partial charge in [0.25, 0.3) is 5.69 Å². The highest BCUT2D eigenvalue weighted by atomic mass is 16.6. The summed E-state index contributed by atoms with van der Waals surface area (Å²) in [6.07, 6.45) is 0.287. The van der Waals surface area contributed by atoms with Crippen molar-refractivity contribution in [1.29, 1.82) is 0 Å². The molecule has 4 nitrogen and oxygen atoms in total. The maximum absolute atomic E-state index is 13.1. The van der Waals surface area contributed by atoms with Crippen LogP contribution < -0.4 is 0 Å². The van der Waals surface area contributed by atoms with E-state index in [1.165, 1.54) is 6.07 Å². The Kier molecular flexibility index (Phi) is 5.00. The normalized spacial score (nSPS) is 11.7. The van der Waals surface area contributed by atoms with Crippen molar-refractivity contribution >= 4 is 11.5 Å². The maximum atomic E-state index is 13.1. The van der Waals surface area contributed by atoms with E-state index in [1.807, 2.05) is 48.5 Å². The number of para-hydroxylation sites is 1. The molecule has 0 aliphatic carbocycles. The first kappa shape index (κ1) is 16.6. The van der Waals surface area contributed by atoms with Gasteiger partial charge in [-0.15, -0.1) is 0 Å². The van der Waals surface area contributed by atoms with Gasteiger partial charge in [0.15, 0.2) is 5.78 Å². The van der Waals surface area contributed by atoms with E-state index in [0.29, 0.717) is 11.1 Å². The zero-order valence-electron chi connectivity index (χ0n) is 13.5. The van der Waals surface area contributed by atoms with E-state index in [0.717, 1.165) is 5.56 Å². The molecule has 0 aliphatic rings. The highest BCUT2D eigenvalue weighted by Crippen LogP contribution is 2.29. The molecule has 3 rings (SSSR count). The van der Waals surface area contributed by atoms with Gasteiger partial charge in [-0.3, -0.25) is 14.9 Å². The van der Waals surface area contributed by atoms with Crippen molar-refractivity contribution < 1.29 is 9.72 Å². The van der Waals surface area contributed by atoms with Gasteiger partial charge in [-0.05, 0) is 12.0 Å². The quantitative estimate of drug-likeness (QED) is 0.370. The Labute approximate surface area is 145 Å². The molecule has 0 radical (unpaired) electrons. The molecule has 0 saturated heterocycles. The fraction of sp³-hybridized carbons (Fsp3) is 0.0952. The van der Waals surface area contributed by atoms with Gasteiger partial charge in [-0.25, -0.2) is 0 Å². The van der Waals surface area contributed by atoms with Crippen molar-refractivity contribution in [3.63, 3.8) is 0 Å². The van der Waals surface area contributed by atoms with Crippen LogP contribution in [-0.2, 0) is 6.42 Å². The molecule has 0 N–H and O–H groups in total. The van der Waals surface area contributed by atoms with Gasteiger partial charge >= 0.3 is 0 Å². The van der Waals surface area contributed by atoms with E-state index in [9.17, 15) is 14.9 Å². The summed E-state index contributed by atoms with van der Waals surface area (Å²) in [5, 5.41) is 11.3. The van der Waals surface area contributed by atoms with Crippen LogP contribution in [0.1, 0.15) is 27.4 Å². The second-order valence-electron chi connectivity index (χ2n) is 5.78. The lowest BCUT2D eigenvalue weighted by atomic mass is 9.85. The van der Waals surface area contributed by atoms with E-state index in [1.54, 1.807) is 30.3 Å². The lowest BCUT2D eigenvalue weighted by Gasteiger charge is -2.17. The summed E-state index contributed by atoms with van der Waals surface area (Å²) >= 11 is 0. The molecule has 0 bridgehead atoms. The number of rotatable bonds is 6. The molecule has 1 atom stereocenters. The zero-order chi connectivity index (χ0) is 17.6. The molecule has 25 heavy (non-hydrogen) atoms. The fourth-order valence-electron chi connectivity index (χ4n) is 2.93. The molecule has 0 aromatic heterocycles. The third kappa shape index (κ3) is 3.80. The highest BCUT2D eigenvalue weighted by molar-refractivity contribution is 6.01. The lowest BCUT2D eigenvalue weighted by Crippen LogP contribution is -2.16. The predicted octanol–water partition coefficient (Wildman–Crippen LogP) is 4.80. The molecule has 3 aromatic rings. The van der Waals surface area contributed by atoms with Crippen LogP contribution in [0.4, 0.5) is 5.69 Å². The van der Waals surface area contributed by atoms with Crippen LogP contribution in [0.15, 0.2) is 84.9 Å². The van der Waals surface area contributed by atoms with Crippen molar-refractivity contribution in [2.24, 2.45) is 0 Å². The van der Waals surface area contributed by atoms with Gasteiger partial charge in [0.1, 0.15) is 0 Å². The largest absolute Gasteiger partial charge is 0.293 e. The third-order valence-corrected chi connectivity index (χ3v) is 4.19. The average Bonchev–Trinajstić information content (AvgIpc) is 2.67. The van der Waals surface area contributed by atoms with Crippen molar-refractivity contribution in [1.82, 2.24) is 0 Å². The predicted molar refractivity (Wildman–Crippen MR) is 96.8 cm³/mol. The maximum Gasteiger partial charge on any atom is 0.272 e. The van der Waals surface area contributed by atoms with Crippen LogP contribution in [0.2, 0.25) is 0 Å². The Balaban J connectivity index is 2.01. The van der Waals surface area contributed by atoms with Crippen LogP contribution in [0, 0.1) is 10.1 Å². The van der Waals surface area contributed by atoms with Gasteiger partial charge in [0, 0.05) is 17.2 Å². The Bertz CT molecular complexity index is 876.